The van der Waals surface area contributed by atoms with Crippen LogP contribution in [0.4, 0.5) is 5.69 Å². The Bertz CT molecular complexity index is 992. The zero-order chi connectivity index (χ0) is 31.3. The summed E-state index contributed by atoms with van der Waals surface area (Å²) < 4.78 is 0. The van der Waals surface area contributed by atoms with E-state index in [2.05, 4.69) is 68.5 Å². The third kappa shape index (κ3) is 14.9. The van der Waals surface area contributed by atoms with Gasteiger partial charge in [0.15, 0.2) is 0 Å². The maximum absolute atomic E-state index is 10.2. The minimum Gasteiger partial charge on any atom is -0.387 e. The Morgan fingerprint density at radius 3 is 2.31 bits per heavy atom. The SMILES string of the molecule is C=C(C=O)CN1CCCC1.CCC(N)=NC(CCC(CNC)C1CCCCC1)=Nc1ccc(C(C)C)cc1C.NC=O. The van der Waals surface area contributed by atoms with Gasteiger partial charge in [-0.2, -0.15) is 0 Å². The number of nitrogens with zero attached hydrogens (tertiary/aromatic N) is 3. The fraction of sp³-hybridized carbons (Fsp3) is 0.647. The topological polar surface area (TPSA) is 126 Å². The lowest BCUT2D eigenvalue weighted by molar-refractivity contribution is -0.107. The first-order chi connectivity index (χ1) is 20.2. The highest BCUT2D eigenvalue weighted by molar-refractivity contribution is 5.97. The maximum Gasteiger partial charge on any atom is 0.204 e. The van der Waals surface area contributed by atoms with Gasteiger partial charge in [-0.25, -0.2) is 9.98 Å². The Labute approximate surface area is 255 Å². The largest absolute Gasteiger partial charge is 0.387 e. The molecule has 42 heavy (non-hydrogen) atoms. The van der Waals surface area contributed by atoms with Crippen molar-refractivity contribution in [2.75, 3.05) is 33.2 Å². The molecule has 236 valence electrons. The zero-order valence-electron chi connectivity index (χ0n) is 27.0. The van der Waals surface area contributed by atoms with Crippen molar-refractivity contribution in [2.45, 2.75) is 97.8 Å². The van der Waals surface area contributed by atoms with Crippen LogP contribution in [0.25, 0.3) is 0 Å². The third-order valence-electron chi connectivity index (χ3n) is 8.09. The number of hydrogen-bond donors (Lipinski definition) is 3. The Balaban J connectivity index is 0.000000561. The number of hydrogen-bond acceptors (Lipinski definition) is 5. The molecule has 1 atom stereocenters. The lowest BCUT2D eigenvalue weighted by Gasteiger charge is -2.30. The first-order valence-electron chi connectivity index (χ1n) is 15.8. The van der Waals surface area contributed by atoms with E-state index in [0.717, 1.165) is 69.2 Å². The average molecular weight is 583 g/mol. The zero-order valence-corrected chi connectivity index (χ0v) is 27.0. The van der Waals surface area contributed by atoms with Crippen LogP contribution in [0.2, 0.25) is 0 Å². The van der Waals surface area contributed by atoms with Gasteiger partial charge in [0.05, 0.1) is 5.69 Å². The predicted molar refractivity (Wildman–Crippen MR) is 179 cm³/mol. The molecule has 0 radical (unpaired) electrons. The molecule has 1 aromatic carbocycles. The molecule has 0 bridgehead atoms. The number of carbonyl (C=O) groups excluding carboxylic acids is 2. The predicted octanol–water partition coefficient (Wildman–Crippen LogP) is 6.05. The van der Waals surface area contributed by atoms with Crippen molar-refractivity contribution in [3.8, 4) is 0 Å². The number of carbonyl (C=O) groups is 2. The number of nitrogens with one attached hydrogen (secondary N) is 1. The molecule has 1 amide bonds. The van der Waals surface area contributed by atoms with Crippen LogP contribution >= 0.6 is 0 Å². The van der Waals surface area contributed by atoms with Crippen LogP contribution in [0.1, 0.15) is 102 Å². The standard InChI is InChI=1S/C25H42N4.C8H13NO.CH3NO/c1-6-24(26)29-25(28-23-14-12-21(18(2)3)16-19(23)4)15-13-22(17-27-5)20-10-8-7-9-11-20;1-8(7-10)6-9-4-2-3-5-9;2-1-3/h12,14,16,18,20,22,27H,6-11,13,15,17H2,1-5H3,(H2,26,28,29);7H,1-6H2;1H,(H2,2,3). The van der Waals surface area contributed by atoms with Gasteiger partial charge >= 0.3 is 0 Å². The van der Waals surface area contributed by atoms with Crippen LogP contribution in [-0.2, 0) is 9.59 Å². The van der Waals surface area contributed by atoms with Crippen molar-refractivity contribution in [1.82, 2.24) is 10.2 Å². The van der Waals surface area contributed by atoms with Crippen molar-refractivity contribution in [2.24, 2.45) is 33.3 Å². The normalized spacial score (nSPS) is 17.1. The number of rotatable bonds is 12. The molecular weight excluding hydrogens is 524 g/mol. The number of benzene rings is 1. The van der Waals surface area contributed by atoms with Crippen molar-refractivity contribution >= 4 is 30.1 Å². The molecule has 5 N–H and O–H groups in total. The van der Waals surface area contributed by atoms with Gasteiger partial charge in [0.2, 0.25) is 6.41 Å². The second-order valence-corrected chi connectivity index (χ2v) is 11.8. The fourth-order valence-electron chi connectivity index (χ4n) is 5.64. The summed E-state index contributed by atoms with van der Waals surface area (Å²) in [5, 5.41) is 3.42. The van der Waals surface area contributed by atoms with E-state index in [9.17, 15) is 4.79 Å². The summed E-state index contributed by atoms with van der Waals surface area (Å²) in [6.45, 7) is 16.4. The first kappa shape index (κ1) is 37.2. The number of amides is 1. The molecule has 1 aromatic rings. The van der Waals surface area contributed by atoms with Crippen molar-refractivity contribution < 1.29 is 9.59 Å². The Morgan fingerprint density at radius 1 is 1.14 bits per heavy atom. The monoisotopic (exact) mass is 582 g/mol. The van der Waals surface area contributed by atoms with E-state index in [1.165, 1.54) is 56.1 Å². The van der Waals surface area contributed by atoms with Crippen molar-refractivity contribution in [3.05, 3.63) is 41.5 Å². The highest BCUT2D eigenvalue weighted by atomic mass is 16.1. The van der Waals surface area contributed by atoms with E-state index < -0.39 is 0 Å². The van der Waals surface area contributed by atoms with Crippen LogP contribution in [0.15, 0.2) is 40.3 Å². The van der Waals surface area contributed by atoms with E-state index in [1.807, 2.05) is 6.92 Å². The van der Waals surface area contributed by atoms with Gasteiger partial charge in [-0.3, -0.25) is 14.5 Å². The van der Waals surface area contributed by atoms with Gasteiger partial charge in [-0.1, -0.05) is 71.6 Å². The van der Waals surface area contributed by atoms with E-state index in [0.29, 0.717) is 23.2 Å². The molecule has 1 heterocycles. The van der Waals surface area contributed by atoms with E-state index in [1.54, 1.807) is 0 Å². The quantitative estimate of drug-likeness (QED) is 0.120. The van der Waals surface area contributed by atoms with Gasteiger partial charge < -0.3 is 16.8 Å². The summed E-state index contributed by atoms with van der Waals surface area (Å²) >= 11 is 0. The molecule has 3 rings (SSSR count). The van der Waals surface area contributed by atoms with E-state index in [4.69, 9.17) is 20.5 Å². The molecule has 0 spiro atoms. The fourth-order valence-corrected chi connectivity index (χ4v) is 5.64. The number of aryl methyl sites for hydroxylation is 1. The van der Waals surface area contributed by atoms with Crippen molar-refractivity contribution in [3.63, 3.8) is 0 Å². The smallest absolute Gasteiger partial charge is 0.204 e. The van der Waals surface area contributed by atoms with Gasteiger partial charge in [-0.15, -0.1) is 0 Å². The van der Waals surface area contributed by atoms with Gasteiger partial charge in [-0.05, 0) is 93.4 Å². The number of aliphatic imine (C=N–C) groups is 2. The van der Waals surface area contributed by atoms with Crippen LogP contribution in [0.3, 0.4) is 0 Å². The summed E-state index contributed by atoms with van der Waals surface area (Å²) in [6.07, 6.45) is 13.3. The van der Waals surface area contributed by atoms with Crippen molar-refractivity contribution in [1.29, 1.82) is 0 Å². The lowest BCUT2D eigenvalue weighted by atomic mass is 9.78. The molecule has 2 fully saturated rings. The summed E-state index contributed by atoms with van der Waals surface area (Å²) in [5.41, 5.74) is 14.5. The minimum absolute atomic E-state index is 0.250. The number of likely N-dealkylation sites (tertiary alicyclic amines) is 1. The molecule has 1 saturated heterocycles. The second kappa shape index (κ2) is 21.8. The van der Waals surface area contributed by atoms with Gasteiger partial charge in [0.25, 0.3) is 0 Å². The molecule has 0 aromatic heterocycles. The molecule has 1 saturated carbocycles. The summed E-state index contributed by atoms with van der Waals surface area (Å²) in [7, 11) is 2.07. The van der Waals surface area contributed by atoms with Crippen LogP contribution in [-0.4, -0.2) is 62.5 Å². The Hall–Kier alpha value is -2.84. The van der Waals surface area contributed by atoms with Crippen LogP contribution in [0, 0.1) is 18.8 Å². The van der Waals surface area contributed by atoms with E-state index in [-0.39, 0.29) is 6.41 Å². The lowest BCUT2D eigenvalue weighted by Crippen LogP contribution is -2.28. The summed E-state index contributed by atoms with van der Waals surface area (Å²) in [5.74, 6) is 3.59. The molecule has 8 heteroatoms. The molecule has 1 aliphatic heterocycles. The highest BCUT2D eigenvalue weighted by Gasteiger charge is 2.23. The van der Waals surface area contributed by atoms with Crippen LogP contribution < -0.4 is 16.8 Å². The Kier molecular flexibility index (Phi) is 19.3. The number of nitrogens with two attached hydrogens (primary N) is 2. The summed E-state index contributed by atoms with van der Waals surface area (Å²) in [4.78, 5) is 30.7. The number of amidine groups is 2. The van der Waals surface area contributed by atoms with Gasteiger partial charge in [0.1, 0.15) is 18.0 Å². The number of primary amides is 1. The molecule has 8 nitrogen and oxygen atoms in total. The number of aldehydes is 1. The Morgan fingerprint density at radius 2 is 1.79 bits per heavy atom. The average Bonchev–Trinajstić information content (AvgIpc) is 3.50. The third-order valence-corrected chi connectivity index (χ3v) is 8.09. The minimum atomic E-state index is 0.250. The highest BCUT2D eigenvalue weighted by Crippen LogP contribution is 2.33. The maximum atomic E-state index is 10.2. The van der Waals surface area contributed by atoms with Crippen LogP contribution in [0.5, 0.6) is 0 Å². The molecule has 1 aliphatic carbocycles. The first-order valence-corrected chi connectivity index (χ1v) is 15.8. The molecule has 2 aliphatic rings. The summed E-state index contributed by atoms with van der Waals surface area (Å²) in [6, 6.07) is 6.57. The molecular formula is C34H58N6O2. The van der Waals surface area contributed by atoms with E-state index >= 15 is 0 Å². The second-order valence-electron chi connectivity index (χ2n) is 11.8. The molecule has 1 unspecified atom stereocenters. The van der Waals surface area contributed by atoms with Gasteiger partial charge in [0, 0.05) is 19.4 Å².